The van der Waals surface area contributed by atoms with Gasteiger partial charge in [-0.1, -0.05) is 12.1 Å². The van der Waals surface area contributed by atoms with E-state index in [2.05, 4.69) is 23.2 Å². The number of benzene rings is 1. The second-order valence-electron chi connectivity index (χ2n) is 6.12. The fourth-order valence-corrected chi connectivity index (χ4v) is 3.23. The van der Waals surface area contributed by atoms with Gasteiger partial charge in [-0.3, -0.25) is 9.59 Å². The number of para-hydroxylation sites is 2. The number of anilines is 1. The number of rotatable bonds is 4. The molecule has 6 heteroatoms. The number of nitrogens with one attached hydrogen (secondary N) is 1. The van der Waals surface area contributed by atoms with Crippen molar-refractivity contribution < 1.29 is 14.3 Å². The molecule has 1 aromatic carbocycles. The highest BCUT2D eigenvalue weighted by molar-refractivity contribution is 5.90. The Balaban J connectivity index is 1.64. The number of amides is 2. The minimum atomic E-state index is -0.384. The minimum Gasteiger partial charge on any atom is -0.485 e. The van der Waals surface area contributed by atoms with Crippen LogP contribution in [-0.2, 0) is 9.59 Å². The Hall–Kier alpha value is -2.24. The Morgan fingerprint density at radius 1 is 1.43 bits per heavy atom. The van der Waals surface area contributed by atoms with Gasteiger partial charge in [-0.2, -0.15) is 0 Å². The predicted molar refractivity (Wildman–Crippen MR) is 87.5 cm³/mol. The Morgan fingerprint density at radius 3 is 2.91 bits per heavy atom. The van der Waals surface area contributed by atoms with Gasteiger partial charge in [0.25, 0.3) is 0 Å². The molecule has 124 valence electrons. The lowest BCUT2D eigenvalue weighted by Gasteiger charge is -2.37. The van der Waals surface area contributed by atoms with Gasteiger partial charge >= 0.3 is 0 Å². The zero-order valence-corrected chi connectivity index (χ0v) is 13.6. The molecule has 2 amide bonds. The molecule has 2 atom stereocenters. The second-order valence-corrected chi connectivity index (χ2v) is 6.12. The summed E-state index contributed by atoms with van der Waals surface area (Å²) >= 11 is 0. The van der Waals surface area contributed by atoms with Crippen molar-refractivity contribution in [2.75, 3.05) is 31.6 Å². The van der Waals surface area contributed by atoms with E-state index < -0.39 is 0 Å². The monoisotopic (exact) mass is 317 g/mol. The fourth-order valence-electron chi connectivity index (χ4n) is 3.23. The van der Waals surface area contributed by atoms with Crippen molar-refractivity contribution >= 4 is 17.5 Å². The van der Waals surface area contributed by atoms with Crippen molar-refractivity contribution in [2.24, 2.45) is 0 Å². The molecule has 1 saturated heterocycles. The summed E-state index contributed by atoms with van der Waals surface area (Å²) in [5.41, 5.74) is 1.10. The third kappa shape index (κ3) is 3.25. The minimum absolute atomic E-state index is 0.0404. The molecule has 2 aliphatic heterocycles. The molecule has 2 heterocycles. The van der Waals surface area contributed by atoms with Gasteiger partial charge in [0, 0.05) is 20.0 Å². The van der Waals surface area contributed by atoms with Gasteiger partial charge in [-0.15, -0.1) is 0 Å². The van der Waals surface area contributed by atoms with Crippen LogP contribution in [0.3, 0.4) is 0 Å². The molecule has 0 radical (unpaired) electrons. The first-order chi connectivity index (χ1) is 11.1. The zero-order chi connectivity index (χ0) is 16.4. The number of carbonyl (C=O) groups excluding carboxylic acids is 2. The van der Waals surface area contributed by atoms with Crippen molar-refractivity contribution in [3.8, 4) is 5.75 Å². The molecular weight excluding hydrogens is 294 g/mol. The summed E-state index contributed by atoms with van der Waals surface area (Å²) in [5, 5.41) is 2.73. The molecule has 0 saturated carbocycles. The van der Waals surface area contributed by atoms with Gasteiger partial charge < -0.3 is 19.9 Å². The summed E-state index contributed by atoms with van der Waals surface area (Å²) in [6, 6.07) is 7.59. The van der Waals surface area contributed by atoms with Crippen molar-refractivity contribution in [1.82, 2.24) is 10.2 Å². The lowest BCUT2D eigenvalue weighted by molar-refractivity contribution is -0.134. The Labute approximate surface area is 136 Å². The molecule has 0 unspecified atom stereocenters. The van der Waals surface area contributed by atoms with E-state index in [1.807, 2.05) is 18.2 Å². The highest BCUT2D eigenvalue weighted by Crippen LogP contribution is 2.32. The van der Waals surface area contributed by atoms with Crippen LogP contribution in [0.5, 0.6) is 5.75 Å². The van der Waals surface area contributed by atoms with E-state index in [4.69, 9.17) is 4.74 Å². The molecular formula is C17H23N3O3. The maximum Gasteiger partial charge on any atom is 0.245 e. The lowest BCUT2D eigenvalue weighted by atomic mass is 10.1. The number of hydrogen-bond donors (Lipinski definition) is 1. The van der Waals surface area contributed by atoms with E-state index in [9.17, 15) is 9.59 Å². The van der Waals surface area contributed by atoms with E-state index in [0.29, 0.717) is 19.4 Å². The van der Waals surface area contributed by atoms with Gasteiger partial charge in [-0.05, 0) is 25.5 Å². The van der Waals surface area contributed by atoms with E-state index in [0.717, 1.165) is 24.5 Å². The van der Waals surface area contributed by atoms with Crippen LogP contribution in [0, 0.1) is 0 Å². The van der Waals surface area contributed by atoms with Crippen LogP contribution in [-0.4, -0.2) is 55.5 Å². The first-order valence-corrected chi connectivity index (χ1v) is 8.13. The van der Waals surface area contributed by atoms with Gasteiger partial charge in [-0.25, -0.2) is 0 Å². The molecule has 0 bridgehead atoms. The molecule has 1 N–H and O–H groups in total. The standard InChI is InChI=1S/C17H23N3O3/c1-3-20-11-12(23-15-7-5-4-6-14(15)20)10-19(2)17(22)13-8-9-16(21)18-13/h4-7,12-13H,3,8-11H2,1-2H3,(H,18,21)/t12-,13+/m1/s1. The van der Waals surface area contributed by atoms with Crippen LogP contribution in [0.4, 0.5) is 5.69 Å². The molecule has 3 rings (SSSR count). The van der Waals surface area contributed by atoms with Gasteiger partial charge in [0.2, 0.25) is 11.8 Å². The van der Waals surface area contributed by atoms with Crippen molar-refractivity contribution in [3.63, 3.8) is 0 Å². The van der Waals surface area contributed by atoms with Gasteiger partial charge in [0.1, 0.15) is 17.9 Å². The normalized spacial score (nSPS) is 23.0. The summed E-state index contributed by atoms with van der Waals surface area (Å²) in [7, 11) is 1.77. The molecule has 2 aliphatic rings. The van der Waals surface area contributed by atoms with E-state index in [1.165, 1.54) is 0 Å². The van der Waals surface area contributed by atoms with Crippen molar-refractivity contribution in [2.45, 2.75) is 31.9 Å². The van der Waals surface area contributed by atoms with Crippen molar-refractivity contribution in [3.05, 3.63) is 24.3 Å². The summed E-state index contributed by atoms with van der Waals surface area (Å²) in [4.78, 5) is 27.6. The largest absolute Gasteiger partial charge is 0.485 e. The highest BCUT2D eigenvalue weighted by Gasteiger charge is 2.32. The van der Waals surface area contributed by atoms with Crippen LogP contribution in [0.25, 0.3) is 0 Å². The molecule has 0 aliphatic carbocycles. The lowest BCUT2D eigenvalue weighted by Crippen LogP contribution is -2.50. The first kappa shape index (κ1) is 15.6. The van der Waals surface area contributed by atoms with E-state index >= 15 is 0 Å². The molecule has 1 fully saturated rings. The van der Waals surface area contributed by atoms with Crippen LogP contribution in [0.1, 0.15) is 19.8 Å². The topological polar surface area (TPSA) is 61.9 Å². The van der Waals surface area contributed by atoms with Crippen LogP contribution in [0.2, 0.25) is 0 Å². The number of carbonyl (C=O) groups is 2. The maximum atomic E-state index is 12.4. The number of ether oxygens (including phenoxy) is 1. The quantitative estimate of drug-likeness (QED) is 0.900. The molecule has 6 nitrogen and oxygen atoms in total. The summed E-state index contributed by atoms with van der Waals surface area (Å²) in [5.74, 6) is 0.777. The van der Waals surface area contributed by atoms with Crippen LogP contribution < -0.4 is 15.0 Å². The average Bonchev–Trinajstić information content (AvgIpc) is 2.99. The van der Waals surface area contributed by atoms with E-state index in [1.54, 1.807) is 11.9 Å². The predicted octanol–water partition coefficient (Wildman–Crippen LogP) is 1.01. The van der Waals surface area contributed by atoms with Gasteiger partial charge in [0.05, 0.1) is 18.8 Å². The second kappa shape index (κ2) is 6.48. The Kier molecular flexibility index (Phi) is 4.41. The van der Waals surface area contributed by atoms with E-state index in [-0.39, 0.29) is 24.0 Å². The number of fused-ring (bicyclic) bond motifs is 1. The van der Waals surface area contributed by atoms with Crippen LogP contribution in [0.15, 0.2) is 24.3 Å². The maximum absolute atomic E-state index is 12.4. The van der Waals surface area contributed by atoms with Gasteiger partial charge in [0.15, 0.2) is 0 Å². The van der Waals surface area contributed by atoms with Crippen LogP contribution >= 0.6 is 0 Å². The smallest absolute Gasteiger partial charge is 0.245 e. The summed E-state index contributed by atoms with van der Waals surface area (Å²) < 4.78 is 6.05. The third-order valence-corrected chi connectivity index (χ3v) is 4.45. The summed E-state index contributed by atoms with van der Waals surface area (Å²) in [6.07, 6.45) is 0.939. The molecule has 0 aromatic heterocycles. The van der Waals surface area contributed by atoms with Crippen molar-refractivity contribution in [1.29, 1.82) is 0 Å². The molecule has 1 aromatic rings. The Bertz CT molecular complexity index is 605. The Morgan fingerprint density at radius 2 is 2.22 bits per heavy atom. The molecule has 0 spiro atoms. The average molecular weight is 317 g/mol. The summed E-state index contributed by atoms with van der Waals surface area (Å²) in [6.45, 7) is 4.27. The third-order valence-electron chi connectivity index (χ3n) is 4.45. The number of hydrogen-bond acceptors (Lipinski definition) is 4. The SMILES string of the molecule is CCN1C[C@@H](CN(C)C(=O)[C@@H]2CCC(=O)N2)Oc2ccccc21. The highest BCUT2D eigenvalue weighted by atomic mass is 16.5. The number of likely N-dealkylation sites (N-methyl/N-ethyl adjacent to an activating group) is 2. The first-order valence-electron chi connectivity index (χ1n) is 8.13. The molecule has 23 heavy (non-hydrogen) atoms. The number of nitrogens with zero attached hydrogens (tertiary/aromatic N) is 2. The fraction of sp³-hybridized carbons (Fsp3) is 0.529. The zero-order valence-electron chi connectivity index (χ0n) is 13.6.